The number of hydrogen-bond donors (Lipinski definition) is 2. The molecule has 0 amide bonds. The van der Waals surface area contributed by atoms with Crippen molar-refractivity contribution in [2.24, 2.45) is 0 Å². The lowest BCUT2D eigenvalue weighted by atomic mass is 10.2. The van der Waals surface area contributed by atoms with E-state index in [1.54, 1.807) is 4.90 Å². The van der Waals surface area contributed by atoms with Crippen molar-refractivity contribution in [1.29, 1.82) is 0 Å². The van der Waals surface area contributed by atoms with E-state index in [1.165, 1.54) is 6.54 Å². The van der Waals surface area contributed by atoms with E-state index in [-0.39, 0.29) is 0 Å². The fourth-order valence-electron chi connectivity index (χ4n) is 1.37. The summed E-state index contributed by atoms with van der Waals surface area (Å²) < 4.78 is 0. The summed E-state index contributed by atoms with van der Waals surface area (Å²) in [7, 11) is 0. The molecule has 0 radical (unpaired) electrons. The minimum absolute atomic E-state index is 0.729. The van der Waals surface area contributed by atoms with Crippen LogP contribution in [0.5, 0.6) is 0 Å². The third-order valence-electron chi connectivity index (χ3n) is 1.88. The lowest BCUT2D eigenvalue weighted by molar-refractivity contribution is -0.939. The molecule has 0 aromatic carbocycles. The maximum Gasteiger partial charge on any atom is 0.0864 e. The molecule has 0 heterocycles. The normalized spacial score (nSPS) is 12.0. The zero-order valence-corrected chi connectivity index (χ0v) is 8.41. The summed E-state index contributed by atoms with van der Waals surface area (Å²) >= 11 is 4.23. The smallest absolute Gasteiger partial charge is 0.0864 e. The van der Waals surface area contributed by atoms with Gasteiger partial charge in [0, 0.05) is 5.75 Å². The van der Waals surface area contributed by atoms with Crippen molar-refractivity contribution in [2.75, 3.05) is 12.3 Å². The molecule has 0 bridgehead atoms. The van der Waals surface area contributed by atoms with Crippen LogP contribution in [-0.4, -0.2) is 24.4 Å². The topological polar surface area (TPSA) is 4.44 Å². The molecule has 10 heavy (non-hydrogen) atoms. The largest absolute Gasteiger partial charge is 0.330 e. The average Bonchev–Trinajstić information content (AvgIpc) is 1.81. The van der Waals surface area contributed by atoms with Gasteiger partial charge in [0.05, 0.1) is 18.6 Å². The average molecular weight is 162 g/mol. The molecule has 0 unspecified atom stereocenters. The van der Waals surface area contributed by atoms with Gasteiger partial charge in [-0.1, -0.05) is 0 Å². The van der Waals surface area contributed by atoms with Crippen LogP contribution >= 0.6 is 12.6 Å². The van der Waals surface area contributed by atoms with Gasteiger partial charge in [-0.25, -0.2) is 0 Å². The molecule has 0 aliphatic heterocycles. The number of quaternary nitrogens is 1. The summed E-state index contributed by atoms with van der Waals surface area (Å²) in [5.74, 6) is 0.992. The van der Waals surface area contributed by atoms with Crippen LogP contribution in [0.1, 0.15) is 27.7 Å². The Bertz CT molecular complexity index is 73.3. The standard InChI is InChI=1S/C8H19NS/c1-7(2)9(5-6-10)8(3)4/h7-8,10H,5-6H2,1-4H3/p+1. The predicted octanol–water partition coefficient (Wildman–Crippen LogP) is 0.618. The first kappa shape index (κ1) is 10.3. The van der Waals surface area contributed by atoms with E-state index < -0.39 is 0 Å². The van der Waals surface area contributed by atoms with E-state index >= 15 is 0 Å². The molecule has 0 rings (SSSR count). The van der Waals surface area contributed by atoms with Crippen molar-refractivity contribution in [2.45, 2.75) is 39.8 Å². The number of thiol groups is 1. The third-order valence-corrected chi connectivity index (χ3v) is 2.11. The van der Waals surface area contributed by atoms with E-state index in [4.69, 9.17) is 0 Å². The molecule has 0 aliphatic carbocycles. The third kappa shape index (κ3) is 3.47. The molecule has 0 spiro atoms. The Morgan fingerprint density at radius 1 is 1.10 bits per heavy atom. The Labute approximate surface area is 70.2 Å². The van der Waals surface area contributed by atoms with Crippen LogP contribution in [0, 0.1) is 0 Å². The highest BCUT2D eigenvalue weighted by molar-refractivity contribution is 7.80. The van der Waals surface area contributed by atoms with E-state index in [0.29, 0.717) is 0 Å². The SMILES string of the molecule is CC(C)[NH+](CCS)C(C)C. The van der Waals surface area contributed by atoms with Gasteiger partial charge >= 0.3 is 0 Å². The van der Waals surface area contributed by atoms with E-state index in [2.05, 4.69) is 40.3 Å². The number of nitrogens with one attached hydrogen (secondary N) is 1. The molecule has 2 heteroatoms. The van der Waals surface area contributed by atoms with Gasteiger partial charge in [0.2, 0.25) is 0 Å². The lowest BCUT2D eigenvalue weighted by Crippen LogP contribution is -3.18. The van der Waals surface area contributed by atoms with E-state index in [0.717, 1.165) is 17.8 Å². The highest BCUT2D eigenvalue weighted by atomic mass is 32.1. The van der Waals surface area contributed by atoms with Gasteiger partial charge < -0.3 is 4.90 Å². The Morgan fingerprint density at radius 2 is 1.50 bits per heavy atom. The molecule has 1 nitrogen and oxygen atoms in total. The highest BCUT2D eigenvalue weighted by Gasteiger charge is 2.14. The molecule has 1 N–H and O–H groups in total. The summed E-state index contributed by atoms with van der Waals surface area (Å²) in [5.41, 5.74) is 0. The van der Waals surface area contributed by atoms with E-state index in [9.17, 15) is 0 Å². The molecular formula is C8H20NS+. The van der Waals surface area contributed by atoms with Crippen LogP contribution in [0.4, 0.5) is 0 Å². The molecule has 0 aromatic rings. The molecule has 0 saturated carbocycles. The zero-order valence-electron chi connectivity index (χ0n) is 7.52. The van der Waals surface area contributed by atoms with Gasteiger partial charge in [-0.3, -0.25) is 0 Å². The summed E-state index contributed by atoms with van der Waals surface area (Å²) in [5, 5.41) is 0. The first-order valence-electron chi connectivity index (χ1n) is 4.06. The van der Waals surface area contributed by atoms with Crippen molar-refractivity contribution >= 4 is 12.6 Å². The summed E-state index contributed by atoms with van der Waals surface area (Å²) in [6, 6.07) is 1.46. The summed E-state index contributed by atoms with van der Waals surface area (Å²) in [6.45, 7) is 10.2. The maximum absolute atomic E-state index is 4.23. The predicted molar refractivity (Wildman–Crippen MR) is 50.0 cm³/mol. The molecule has 0 fully saturated rings. The molecular weight excluding hydrogens is 142 g/mol. The highest BCUT2D eigenvalue weighted by Crippen LogP contribution is 1.77. The van der Waals surface area contributed by atoms with E-state index in [1.807, 2.05) is 0 Å². The maximum atomic E-state index is 4.23. The summed E-state index contributed by atoms with van der Waals surface area (Å²) in [6.07, 6.45) is 0. The quantitative estimate of drug-likeness (QED) is 0.559. The second kappa shape index (κ2) is 5.03. The lowest BCUT2D eigenvalue weighted by Gasteiger charge is -2.26. The van der Waals surface area contributed by atoms with Gasteiger partial charge in [-0.2, -0.15) is 12.6 Å². The van der Waals surface area contributed by atoms with Crippen molar-refractivity contribution < 1.29 is 4.90 Å². The van der Waals surface area contributed by atoms with Crippen LogP contribution in [0.3, 0.4) is 0 Å². The minimum atomic E-state index is 0.729. The Kier molecular flexibility index (Phi) is 5.18. The molecule has 62 valence electrons. The van der Waals surface area contributed by atoms with Gasteiger partial charge in [-0.15, -0.1) is 0 Å². The summed E-state index contributed by atoms with van der Waals surface area (Å²) in [4.78, 5) is 1.65. The van der Waals surface area contributed by atoms with Crippen molar-refractivity contribution in [1.82, 2.24) is 0 Å². The van der Waals surface area contributed by atoms with Crippen LogP contribution in [0.15, 0.2) is 0 Å². The Morgan fingerprint density at radius 3 is 1.60 bits per heavy atom. The van der Waals surface area contributed by atoms with Crippen molar-refractivity contribution in [3.8, 4) is 0 Å². The minimum Gasteiger partial charge on any atom is -0.330 e. The molecule has 0 saturated heterocycles. The fourth-order valence-corrected chi connectivity index (χ4v) is 1.63. The van der Waals surface area contributed by atoms with Gasteiger partial charge in [0.25, 0.3) is 0 Å². The van der Waals surface area contributed by atoms with Crippen LogP contribution in [-0.2, 0) is 0 Å². The van der Waals surface area contributed by atoms with Crippen molar-refractivity contribution in [3.05, 3.63) is 0 Å². The van der Waals surface area contributed by atoms with Crippen LogP contribution < -0.4 is 4.90 Å². The zero-order chi connectivity index (χ0) is 8.15. The van der Waals surface area contributed by atoms with Gasteiger partial charge in [-0.05, 0) is 27.7 Å². The second-order valence-electron chi connectivity index (χ2n) is 3.36. The molecule has 0 atom stereocenters. The van der Waals surface area contributed by atoms with Crippen LogP contribution in [0.25, 0.3) is 0 Å². The van der Waals surface area contributed by atoms with Gasteiger partial charge in [0.15, 0.2) is 0 Å². The fraction of sp³-hybridized carbons (Fsp3) is 1.00. The molecule has 0 aliphatic rings. The van der Waals surface area contributed by atoms with Crippen molar-refractivity contribution in [3.63, 3.8) is 0 Å². The molecule has 0 aromatic heterocycles. The first-order chi connectivity index (χ1) is 4.59. The second-order valence-corrected chi connectivity index (χ2v) is 3.81. The number of rotatable bonds is 4. The van der Waals surface area contributed by atoms with Gasteiger partial charge in [0.1, 0.15) is 0 Å². The van der Waals surface area contributed by atoms with Crippen LogP contribution in [0.2, 0.25) is 0 Å². The Balaban J connectivity index is 3.73. The Hall–Kier alpha value is 0.310. The first-order valence-corrected chi connectivity index (χ1v) is 4.69. The number of hydrogen-bond acceptors (Lipinski definition) is 1. The monoisotopic (exact) mass is 162 g/mol.